The molecule has 2 aromatic rings. The van der Waals surface area contributed by atoms with E-state index in [0.29, 0.717) is 40.9 Å². The Labute approximate surface area is 205 Å². The number of piperidine rings is 1. The third-order valence-corrected chi connectivity index (χ3v) is 7.43. The number of fused-ring (bicyclic) bond motifs is 1. The quantitative estimate of drug-likeness (QED) is 0.589. The first-order valence-electron chi connectivity index (χ1n) is 11.7. The highest BCUT2D eigenvalue weighted by Crippen LogP contribution is 2.51. The molecule has 0 radical (unpaired) electrons. The fourth-order valence-corrected chi connectivity index (χ4v) is 5.68. The van der Waals surface area contributed by atoms with Crippen molar-refractivity contribution in [3.05, 3.63) is 47.0 Å². The molecule has 34 heavy (non-hydrogen) atoms. The summed E-state index contributed by atoms with van der Waals surface area (Å²) in [5.41, 5.74) is 0.899. The van der Waals surface area contributed by atoms with E-state index >= 15 is 0 Å². The van der Waals surface area contributed by atoms with Crippen molar-refractivity contribution in [2.75, 3.05) is 39.7 Å². The molecule has 0 bridgehead atoms. The number of ether oxygens (including phenoxy) is 3. The van der Waals surface area contributed by atoms with Crippen molar-refractivity contribution in [2.24, 2.45) is 5.92 Å². The number of nitrogens with one attached hydrogen (secondary N) is 1. The Morgan fingerprint density at radius 1 is 1.09 bits per heavy atom. The molecular formula is C26H33ClN2O5. The van der Waals surface area contributed by atoms with Crippen molar-refractivity contribution >= 4 is 23.2 Å². The Morgan fingerprint density at radius 2 is 1.76 bits per heavy atom. The van der Waals surface area contributed by atoms with Gasteiger partial charge >= 0.3 is 0 Å². The maximum absolute atomic E-state index is 13.0. The van der Waals surface area contributed by atoms with Gasteiger partial charge in [0.25, 0.3) is 0 Å². The van der Waals surface area contributed by atoms with Crippen molar-refractivity contribution < 1.29 is 24.1 Å². The summed E-state index contributed by atoms with van der Waals surface area (Å²) >= 11 is 5.97. The number of amides is 1. The number of likely N-dealkylation sites (tertiary alicyclic amines) is 1. The van der Waals surface area contributed by atoms with Gasteiger partial charge in [0, 0.05) is 29.2 Å². The van der Waals surface area contributed by atoms with E-state index in [0.717, 1.165) is 31.2 Å². The minimum atomic E-state index is -0.744. The standard InChI is InChI=1S/C26H33ClN2O5/c1-32-21-14-17(15-22(33-2)25(21)34-3)24-20-6-4-5-11-26(20,31)12-13-29(24)16-23(30)28-19-9-7-18(27)8-10-19/h7-10,14-15,20,24,31H,4-6,11-13,16H2,1-3H3,(H,28,30)/t20-,24+,26+/m0/s1. The lowest BCUT2D eigenvalue weighted by Crippen LogP contribution is -2.56. The number of carbonyl (C=O) groups excluding carboxylic acids is 1. The summed E-state index contributed by atoms with van der Waals surface area (Å²) in [5.74, 6) is 1.54. The highest BCUT2D eigenvalue weighted by molar-refractivity contribution is 6.30. The molecule has 1 aliphatic heterocycles. The highest BCUT2D eigenvalue weighted by Gasteiger charge is 2.49. The second-order valence-electron chi connectivity index (χ2n) is 9.13. The van der Waals surface area contributed by atoms with Gasteiger partial charge in [0.15, 0.2) is 11.5 Å². The zero-order valence-corrected chi connectivity index (χ0v) is 20.7. The molecule has 1 saturated carbocycles. The second-order valence-corrected chi connectivity index (χ2v) is 9.57. The lowest BCUT2D eigenvalue weighted by atomic mass is 9.66. The van der Waals surface area contributed by atoms with Gasteiger partial charge in [-0.3, -0.25) is 9.69 Å². The Bertz CT molecular complexity index is 990. The topological polar surface area (TPSA) is 80.3 Å². The minimum Gasteiger partial charge on any atom is -0.493 e. The van der Waals surface area contributed by atoms with Crippen LogP contribution in [0, 0.1) is 5.92 Å². The number of rotatable bonds is 7. The van der Waals surface area contributed by atoms with Crippen molar-refractivity contribution in [2.45, 2.75) is 43.7 Å². The van der Waals surface area contributed by atoms with Gasteiger partial charge < -0.3 is 24.6 Å². The molecule has 7 nitrogen and oxygen atoms in total. The van der Waals surface area contributed by atoms with E-state index in [1.807, 2.05) is 12.1 Å². The van der Waals surface area contributed by atoms with Gasteiger partial charge in [0.05, 0.1) is 33.5 Å². The van der Waals surface area contributed by atoms with E-state index in [2.05, 4.69) is 10.2 Å². The van der Waals surface area contributed by atoms with Crippen LogP contribution >= 0.6 is 11.6 Å². The second kappa shape index (κ2) is 10.4. The molecule has 3 atom stereocenters. The Kier molecular flexibility index (Phi) is 7.55. The van der Waals surface area contributed by atoms with E-state index in [1.54, 1.807) is 45.6 Å². The molecule has 0 spiro atoms. The van der Waals surface area contributed by atoms with Gasteiger partial charge in [-0.2, -0.15) is 0 Å². The zero-order valence-electron chi connectivity index (χ0n) is 20.0. The molecule has 8 heteroatoms. The number of aliphatic hydroxyl groups is 1. The number of hydrogen-bond acceptors (Lipinski definition) is 6. The first-order chi connectivity index (χ1) is 16.4. The lowest BCUT2D eigenvalue weighted by molar-refractivity contribution is -0.135. The number of halogens is 1. The van der Waals surface area contributed by atoms with Crippen molar-refractivity contribution in [1.82, 2.24) is 4.90 Å². The molecule has 2 N–H and O–H groups in total. The highest BCUT2D eigenvalue weighted by atomic mass is 35.5. The van der Waals surface area contributed by atoms with E-state index in [1.165, 1.54) is 0 Å². The number of hydrogen-bond donors (Lipinski definition) is 2. The minimum absolute atomic E-state index is 0.00105. The molecule has 2 aliphatic rings. The molecular weight excluding hydrogens is 456 g/mol. The molecule has 0 unspecified atom stereocenters. The number of anilines is 1. The van der Waals surface area contributed by atoms with Crippen molar-refractivity contribution in [3.8, 4) is 17.2 Å². The van der Waals surface area contributed by atoms with Crippen LogP contribution in [0.2, 0.25) is 5.02 Å². The van der Waals surface area contributed by atoms with Gasteiger partial charge in [0.1, 0.15) is 0 Å². The summed E-state index contributed by atoms with van der Waals surface area (Å²) in [6.07, 6.45) is 4.40. The maximum atomic E-state index is 13.0. The summed E-state index contributed by atoms with van der Waals surface area (Å²) in [7, 11) is 4.76. The smallest absolute Gasteiger partial charge is 0.238 e. The number of benzene rings is 2. The van der Waals surface area contributed by atoms with Crippen LogP contribution in [0.15, 0.2) is 36.4 Å². The average Bonchev–Trinajstić information content (AvgIpc) is 2.84. The fourth-order valence-electron chi connectivity index (χ4n) is 5.55. The predicted molar refractivity (Wildman–Crippen MR) is 132 cm³/mol. The van der Waals surface area contributed by atoms with Gasteiger partial charge in [0.2, 0.25) is 11.7 Å². The van der Waals surface area contributed by atoms with E-state index in [-0.39, 0.29) is 24.4 Å². The molecule has 1 aliphatic carbocycles. The molecule has 1 saturated heterocycles. The monoisotopic (exact) mass is 488 g/mol. The van der Waals surface area contributed by atoms with E-state index < -0.39 is 5.60 Å². The van der Waals surface area contributed by atoms with E-state index in [4.69, 9.17) is 25.8 Å². The predicted octanol–water partition coefficient (Wildman–Crippen LogP) is 4.67. The lowest BCUT2D eigenvalue weighted by Gasteiger charge is -2.52. The molecule has 2 fully saturated rings. The van der Waals surface area contributed by atoms with Crippen LogP contribution in [0.3, 0.4) is 0 Å². The molecule has 1 amide bonds. The molecule has 2 aromatic carbocycles. The Morgan fingerprint density at radius 3 is 2.38 bits per heavy atom. The first-order valence-corrected chi connectivity index (χ1v) is 12.1. The maximum Gasteiger partial charge on any atom is 0.238 e. The van der Waals surface area contributed by atoms with Gasteiger partial charge in [-0.15, -0.1) is 0 Å². The number of methoxy groups -OCH3 is 3. The van der Waals surface area contributed by atoms with Crippen LogP contribution in [-0.4, -0.2) is 55.9 Å². The van der Waals surface area contributed by atoms with Crippen LogP contribution in [-0.2, 0) is 4.79 Å². The van der Waals surface area contributed by atoms with Gasteiger partial charge in [-0.1, -0.05) is 24.4 Å². The first kappa shape index (κ1) is 24.6. The third kappa shape index (κ3) is 4.97. The van der Waals surface area contributed by atoms with E-state index in [9.17, 15) is 9.90 Å². The Balaban J connectivity index is 1.67. The van der Waals surface area contributed by atoms with Crippen molar-refractivity contribution in [1.29, 1.82) is 0 Å². The van der Waals surface area contributed by atoms with Crippen LogP contribution in [0.1, 0.15) is 43.7 Å². The SMILES string of the molecule is COc1cc([C@@H]2[C@@H]3CCCC[C@@]3(O)CCN2CC(=O)Nc2ccc(Cl)cc2)cc(OC)c1OC. The van der Waals surface area contributed by atoms with Crippen LogP contribution in [0.4, 0.5) is 5.69 Å². The summed E-state index contributed by atoms with van der Waals surface area (Å²) in [4.78, 5) is 15.2. The van der Waals surface area contributed by atoms with Gasteiger partial charge in [-0.25, -0.2) is 0 Å². The Hall–Kier alpha value is -2.48. The van der Waals surface area contributed by atoms with Crippen LogP contribution in [0.25, 0.3) is 0 Å². The van der Waals surface area contributed by atoms with Crippen LogP contribution in [0.5, 0.6) is 17.2 Å². The average molecular weight is 489 g/mol. The van der Waals surface area contributed by atoms with Crippen LogP contribution < -0.4 is 19.5 Å². The van der Waals surface area contributed by atoms with Gasteiger partial charge in [-0.05, 0) is 61.2 Å². The number of nitrogens with zero attached hydrogens (tertiary/aromatic N) is 1. The molecule has 4 rings (SSSR count). The largest absolute Gasteiger partial charge is 0.493 e. The molecule has 0 aromatic heterocycles. The molecule has 1 heterocycles. The zero-order chi connectivity index (χ0) is 24.3. The normalized spacial score (nSPS) is 24.7. The summed E-state index contributed by atoms with van der Waals surface area (Å²) in [6, 6.07) is 10.8. The fraction of sp³-hybridized carbons (Fsp3) is 0.500. The third-order valence-electron chi connectivity index (χ3n) is 7.17. The summed E-state index contributed by atoms with van der Waals surface area (Å²) in [6.45, 7) is 0.818. The number of carbonyl (C=O) groups is 1. The summed E-state index contributed by atoms with van der Waals surface area (Å²) < 4.78 is 16.7. The molecule has 184 valence electrons. The summed E-state index contributed by atoms with van der Waals surface area (Å²) in [5, 5.41) is 15.1. The van der Waals surface area contributed by atoms with Crippen molar-refractivity contribution in [3.63, 3.8) is 0 Å².